The molecule has 4 nitrogen and oxygen atoms in total. The van der Waals surface area contributed by atoms with Crippen LogP contribution in [-0.2, 0) is 0 Å². The molecule has 0 spiro atoms. The number of piperazine rings is 1. The molecule has 0 aromatic rings. The molecule has 3 atom stereocenters. The molecule has 3 aliphatic rings. The van der Waals surface area contributed by atoms with Gasteiger partial charge >= 0.3 is 0 Å². The molecule has 0 unspecified atom stereocenters. The predicted molar refractivity (Wildman–Crippen MR) is 67.5 cm³/mol. The van der Waals surface area contributed by atoms with Crippen LogP contribution in [-0.4, -0.2) is 59.5 Å². The molecule has 17 heavy (non-hydrogen) atoms. The van der Waals surface area contributed by atoms with Crippen molar-refractivity contribution in [3.63, 3.8) is 0 Å². The van der Waals surface area contributed by atoms with Crippen molar-refractivity contribution in [3.8, 4) is 0 Å². The van der Waals surface area contributed by atoms with Gasteiger partial charge in [0, 0.05) is 32.1 Å². The lowest BCUT2D eigenvalue weighted by molar-refractivity contribution is 0.102. The maximum absolute atomic E-state index is 9.24. The molecule has 1 saturated heterocycles. The Kier molecular flexibility index (Phi) is 3.09. The highest BCUT2D eigenvalue weighted by Gasteiger charge is 2.48. The van der Waals surface area contributed by atoms with Crippen LogP contribution in [0.15, 0.2) is 5.16 Å². The quantitative estimate of drug-likeness (QED) is 0.580. The second-order valence-corrected chi connectivity index (χ2v) is 5.71. The lowest BCUT2D eigenvalue weighted by atomic mass is 9.91. The van der Waals surface area contributed by atoms with Crippen LogP contribution in [0.4, 0.5) is 0 Å². The van der Waals surface area contributed by atoms with Crippen LogP contribution in [0.25, 0.3) is 0 Å². The SMILES string of the molecule is CCN1CCN([C@H]2/C(=N\O)[C@H]3CC[C@@H]2C3)CC1. The molecule has 1 heterocycles. The van der Waals surface area contributed by atoms with Gasteiger partial charge in [-0.1, -0.05) is 12.1 Å². The standard InChI is InChI=1S/C13H23N3O/c1-2-15-5-7-16(8-6-15)13-11-4-3-10(9-11)12(13)14-17/h10-11,13,17H,2-9H2,1H3/b14-12-/t10-,11+,13+/m0/s1. The van der Waals surface area contributed by atoms with Gasteiger partial charge in [0.15, 0.2) is 0 Å². The summed E-state index contributed by atoms with van der Waals surface area (Å²) in [6.45, 7) is 8.01. The Hall–Kier alpha value is -0.610. The van der Waals surface area contributed by atoms with E-state index in [1.165, 1.54) is 32.4 Å². The first kappa shape index (κ1) is 11.5. The van der Waals surface area contributed by atoms with Gasteiger partial charge in [0.25, 0.3) is 0 Å². The van der Waals surface area contributed by atoms with Crippen molar-refractivity contribution < 1.29 is 5.21 Å². The number of likely N-dealkylation sites (N-methyl/N-ethyl adjacent to an activating group) is 1. The van der Waals surface area contributed by atoms with Gasteiger partial charge in [-0.25, -0.2) is 0 Å². The molecule has 3 rings (SSSR count). The fraction of sp³-hybridized carbons (Fsp3) is 0.923. The van der Waals surface area contributed by atoms with E-state index >= 15 is 0 Å². The predicted octanol–water partition coefficient (Wildman–Crippen LogP) is 1.25. The Bertz CT molecular complexity index is 310. The minimum atomic E-state index is 0.456. The van der Waals surface area contributed by atoms with Crippen molar-refractivity contribution in [2.75, 3.05) is 32.7 Å². The highest BCUT2D eigenvalue weighted by molar-refractivity contribution is 5.94. The number of fused-ring (bicyclic) bond motifs is 2. The fourth-order valence-electron chi connectivity index (χ4n) is 4.04. The number of rotatable bonds is 2. The third-order valence-corrected chi connectivity index (χ3v) is 5.00. The lowest BCUT2D eigenvalue weighted by Crippen LogP contribution is -2.54. The number of oxime groups is 1. The van der Waals surface area contributed by atoms with Gasteiger partial charge in [0.1, 0.15) is 0 Å². The van der Waals surface area contributed by atoms with Crippen LogP contribution < -0.4 is 0 Å². The van der Waals surface area contributed by atoms with Gasteiger partial charge in [-0.3, -0.25) is 4.90 Å². The topological polar surface area (TPSA) is 39.1 Å². The largest absolute Gasteiger partial charge is 0.411 e. The van der Waals surface area contributed by atoms with Gasteiger partial charge < -0.3 is 10.1 Å². The van der Waals surface area contributed by atoms with E-state index in [0.29, 0.717) is 12.0 Å². The molecule has 1 N–H and O–H groups in total. The zero-order chi connectivity index (χ0) is 11.8. The Balaban J connectivity index is 1.68. The molecular weight excluding hydrogens is 214 g/mol. The average Bonchev–Trinajstić information content (AvgIpc) is 2.98. The van der Waals surface area contributed by atoms with Crippen molar-refractivity contribution in [3.05, 3.63) is 0 Å². The zero-order valence-electron chi connectivity index (χ0n) is 10.7. The molecule has 0 radical (unpaired) electrons. The summed E-state index contributed by atoms with van der Waals surface area (Å²) < 4.78 is 0. The van der Waals surface area contributed by atoms with E-state index in [1.807, 2.05) is 0 Å². The van der Waals surface area contributed by atoms with Crippen molar-refractivity contribution in [1.29, 1.82) is 0 Å². The minimum absolute atomic E-state index is 0.456. The first-order valence-corrected chi connectivity index (χ1v) is 7.01. The van der Waals surface area contributed by atoms with Gasteiger partial charge in [-0.2, -0.15) is 0 Å². The summed E-state index contributed by atoms with van der Waals surface area (Å²) >= 11 is 0. The summed E-state index contributed by atoms with van der Waals surface area (Å²) in [5.41, 5.74) is 1.09. The molecule has 2 bridgehead atoms. The number of hydrogen-bond acceptors (Lipinski definition) is 4. The summed E-state index contributed by atoms with van der Waals surface area (Å²) in [6.07, 6.45) is 3.84. The average molecular weight is 237 g/mol. The smallest absolute Gasteiger partial charge is 0.0775 e. The van der Waals surface area contributed by atoms with Gasteiger partial charge in [-0.05, 0) is 31.7 Å². The molecule has 2 saturated carbocycles. The van der Waals surface area contributed by atoms with E-state index < -0.39 is 0 Å². The Morgan fingerprint density at radius 2 is 2.00 bits per heavy atom. The van der Waals surface area contributed by atoms with Gasteiger partial charge in [0.05, 0.1) is 11.8 Å². The first-order valence-electron chi connectivity index (χ1n) is 7.01. The summed E-state index contributed by atoms with van der Waals surface area (Å²) in [5, 5.41) is 12.9. The highest BCUT2D eigenvalue weighted by atomic mass is 16.4. The molecule has 1 aliphatic heterocycles. The van der Waals surface area contributed by atoms with Crippen LogP contribution in [0.5, 0.6) is 0 Å². The van der Waals surface area contributed by atoms with Crippen LogP contribution in [0.2, 0.25) is 0 Å². The monoisotopic (exact) mass is 237 g/mol. The van der Waals surface area contributed by atoms with Crippen LogP contribution in [0.3, 0.4) is 0 Å². The maximum Gasteiger partial charge on any atom is 0.0775 e. The van der Waals surface area contributed by atoms with E-state index in [0.717, 1.165) is 31.3 Å². The normalized spacial score (nSPS) is 41.5. The zero-order valence-corrected chi connectivity index (χ0v) is 10.7. The molecule has 4 heteroatoms. The first-order chi connectivity index (χ1) is 8.33. The molecule has 96 valence electrons. The summed E-state index contributed by atoms with van der Waals surface area (Å²) in [7, 11) is 0. The fourth-order valence-corrected chi connectivity index (χ4v) is 4.04. The lowest BCUT2D eigenvalue weighted by Gasteiger charge is -2.40. The molecule has 0 amide bonds. The third-order valence-electron chi connectivity index (χ3n) is 5.00. The van der Waals surface area contributed by atoms with E-state index in [1.54, 1.807) is 0 Å². The van der Waals surface area contributed by atoms with Crippen LogP contribution in [0.1, 0.15) is 26.2 Å². The van der Waals surface area contributed by atoms with Crippen molar-refractivity contribution in [1.82, 2.24) is 9.80 Å². The third kappa shape index (κ3) is 1.87. The van der Waals surface area contributed by atoms with E-state index in [-0.39, 0.29) is 0 Å². The second kappa shape index (κ2) is 4.58. The van der Waals surface area contributed by atoms with E-state index in [2.05, 4.69) is 21.9 Å². The highest BCUT2D eigenvalue weighted by Crippen LogP contribution is 2.45. The summed E-state index contributed by atoms with van der Waals surface area (Å²) in [6, 6.07) is 0.456. The molecular formula is C13H23N3O. The molecule has 0 aromatic heterocycles. The number of nitrogens with zero attached hydrogens (tertiary/aromatic N) is 3. The van der Waals surface area contributed by atoms with Crippen molar-refractivity contribution in [2.45, 2.75) is 32.2 Å². The van der Waals surface area contributed by atoms with Crippen molar-refractivity contribution in [2.24, 2.45) is 17.0 Å². The minimum Gasteiger partial charge on any atom is -0.411 e. The molecule has 0 aromatic carbocycles. The molecule has 2 aliphatic carbocycles. The summed E-state index contributed by atoms with van der Waals surface area (Å²) in [5.74, 6) is 1.35. The maximum atomic E-state index is 9.24. The van der Waals surface area contributed by atoms with E-state index in [4.69, 9.17) is 0 Å². The van der Waals surface area contributed by atoms with Crippen molar-refractivity contribution >= 4 is 5.71 Å². The Labute approximate surface area is 103 Å². The van der Waals surface area contributed by atoms with Crippen LogP contribution >= 0.6 is 0 Å². The Morgan fingerprint density at radius 3 is 2.65 bits per heavy atom. The summed E-state index contributed by atoms with van der Waals surface area (Å²) in [4.78, 5) is 5.06. The second-order valence-electron chi connectivity index (χ2n) is 5.71. The molecule has 3 fully saturated rings. The van der Waals surface area contributed by atoms with Crippen LogP contribution in [0, 0.1) is 11.8 Å². The van der Waals surface area contributed by atoms with Gasteiger partial charge in [-0.15, -0.1) is 0 Å². The van der Waals surface area contributed by atoms with E-state index in [9.17, 15) is 5.21 Å². The van der Waals surface area contributed by atoms with Gasteiger partial charge in [0.2, 0.25) is 0 Å². The number of hydrogen-bond donors (Lipinski definition) is 1. The Morgan fingerprint density at radius 1 is 1.24 bits per heavy atom.